The lowest BCUT2D eigenvalue weighted by Crippen LogP contribution is -2.30. The quantitative estimate of drug-likeness (QED) is 0.768. The highest BCUT2D eigenvalue weighted by molar-refractivity contribution is 6.52. The molecule has 1 aromatic heterocycles. The van der Waals surface area contributed by atoms with Gasteiger partial charge < -0.3 is 4.57 Å². The highest BCUT2D eigenvalue weighted by Gasteiger charge is 2.37. The lowest BCUT2D eigenvalue weighted by Gasteiger charge is -2.18. The molecule has 0 N–H and O–H groups in total. The minimum absolute atomic E-state index is 0.248. The number of nitrogens with zero attached hydrogens (tertiary/aromatic N) is 4. The number of aryl methyl sites for hydroxylation is 2. The van der Waals surface area contributed by atoms with Crippen molar-refractivity contribution in [3.8, 4) is 0 Å². The van der Waals surface area contributed by atoms with Crippen LogP contribution in [0.2, 0.25) is 0 Å². The molecule has 3 rings (SSSR count). The Morgan fingerprint density at radius 3 is 2.60 bits per heavy atom. The van der Waals surface area contributed by atoms with Gasteiger partial charge in [0.25, 0.3) is 11.7 Å². The van der Waals surface area contributed by atoms with Gasteiger partial charge >= 0.3 is 0 Å². The first kappa shape index (κ1) is 12.5. The van der Waals surface area contributed by atoms with Crippen LogP contribution in [-0.2, 0) is 18.4 Å². The molecule has 6 heteroatoms. The summed E-state index contributed by atoms with van der Waals surface area (Å²) in [4.78, 5) is 25.7. The Balaban J connectivity index is 2.10. The number of amides is 1. The lowest BCUT2D eigenvalue weighted by atomic mass is 10.0. The maximum Gasteiger partial charge on any atom is 0.299 e. The Kier molecular flexibility index (Phi) is 2.67. The molecule has 2 aromatic rings. The lowest BCUT2D eigenvalue weighted by molar-refractivity contribution is -0.114. The van der Waals surface area contributed by atoms with Crippen molar-refractivity contribution in [1.82, 2.24) is 14.8 Å². The number of hydrogen-bond donors (Lipinski definition) is 0. The maximum absolute atomic E-state index is 12.2. The number of ketones is 1. The van der Waals surface area contributed by atoms with Crippen LogP contribution in [0.1, 0.15) is 27.3 Å². The molecular weight excluding hydrogens is 256 g/mol. The van der Waals surface area contributed by atoms with Crippen molar-refractivity contribution in [2.75, 3.05) is 4.90 Å². The van der Waals surface area contributed by atoms with Crippen molar-refractivity contribution in [2.24, 2.45) is 7.05 Å². The molecule has 20 heavy (non-hydrogen) atoms. The van der Waals surface area contributed by atoms with Gasteiger partial charge in [0.2, 0.25) is 0 Å². The van der Waals surface area contributed by atoms with Gasteiger partial charge in [0, 0.05) is 7.05 Å². The number of rotatable bonds is 2. The molecule has 0 bridgehead atoms. The number of benzene rings is 1. The average molecular weight is 270 g/mol. The van der Waals surface area contributed by atoms with E-state index in [1.165, 1.54) is 4.90 Å². The Hall–Kier alpha value is -2.50. The van der Waals surface area contributed by atoms with Crippen LogP contribution in [0.5, 0.6) is 0 Å². The summed E-state index contributed by atoms with van der Waals surface area (Å²) in [5.74, 6) is -0.318. The van der Waals surface area contributed by atoms with Crippen LogP contribution in [0.15, 0.2) is 18.5 Å². The van der Waals surface area contributed by atoms with E-state index in [4.69, 9.17) is 0 Å². The predicted octanol–water partition coefficient (Wildman–Crippen LogP) is 1.16. The largest absolute Gasteiger partial charge is 0.319 e. The van der Waals surface area contributed by atoms with Gasteiger partial charge in [-0.2, -0.15) is 0 Å². The fourth-order valence-electron chi connectivity index (χ4n) is 2.41. The van der Waals surface area contributed by atoms with E-state index in [1.54, 1.807) is 17.0 Å². The van der Waals surface area contributed by atoms with Crippen LogP contribution < -0.4 is 4.90 Å². The Bertz CT molecular complexity index is 733. The van der Waals surface area contributed by atoms with Crippen LogP contribution in [0, 0.1) is 13.8 Å². The summed E-state index contributed by atoms with van der Waals surface area (Å²) < 4.78 is 1.74. The summed E-state index contributed by atoms with van der Waals surface area (Å²) in [6.45, 7) is 4.13. The molecule has 0 saturated carbocycles. The molecule has 0 aliphatic carbocycles. The van der Waals surface area contributed by atoms with Crippen molar-refractivity contribution in [1.29, 1.82) is 0 Å². The van der Waals surface area contributed by atoms with E-state index in [0.717, 1.165) is 11.1 Å². The first-order chi connectivity index (χ1) is 9.50. The number of fused-ring (bicyclic) bond motifs is 1. The van der Waals surface area contributed by atoms with Gasteiger partial charge in [-0.05, 0) is 31.0 Å². The molecule has 2 heterocycles. The van der Waals surface area contributed by atoms with Gasteiger partial charge in [-0.1, -0.05) is 6.07 Å². The maximum atomic E-state index is 12.2. The predicted molar refractivity (Wildman–Crippen MR) is 72.4 cm³/mol. The van der Waals surface area contributed by atoms with Crippen LogP contribution in [-0.4, -0.2) is 26.5 Å². The molecule has 0 atom stereocenters. The van der Waals surface area contributed by atoms with Gasteiger partial charge in [0.05, 0.1) is 17.8 Å². The smallest absolute Gasteiger partial charge is 0.299 e. The molecule has 1 aliphatic rings. The van der Waals surface area contributed by atoms with Gasteiger partial charge in [0.15, 0.2) is 5.82 Å². The molecule has 1 aliphatic heterocycles. The third-order valence-corrected chi connectivity index (χ3v) is 3.76. The SMILES string of the molecule is Cc1ccc2c(c1C)N(Cc1nncn1C)C(=O)C2=O. The van der Waals surface area contributed by atoms with Crippen molar-refractivity contribution >= 4 is 17.4 Å². The van der Waals surface area contributed by atoms with Crippen LogP contribution in [0.25, 0.3) is 0 Å². The monoisotopic (exact) mass is 270 g/mol. The molecule has 1 aromatic carbocycles. The first-order valence-electron chi connectivity index (χ1n) is 6.30. The van der Waals surface area contributed by atoms with Crippen molar-refractivity contribution in [3.63, 3.8) is 0 Å². The van der Waals surface area contributed by atoms with Crippen LogP contribution in [0.4, 0.5) is 5.69 Å². The minimum Gasteiger partial charge on any atom is -0.319 e. The molecule has 1 amide bonds. The highest BCUT2D eigenvalue weighted by Crippen LogP contribution is 2.34. The molecule has 0 unspecified atom stereocenters. The standard InChI is InChI=1S/C14H14N4O2/c1-8-4-5-10-12(9(8)2)18(14(20)13(10)19)6-11-16-15-7-17(11)3/h4-5,7H,6H2,1-3H3. The van der Waals surface area contributed by atoms with Crippen molar-refractivity contribution in [2.45, 2.75) is 20.4 Å². The normalized spacial score (nSPS) is 14.1. The van der Waals surface area contributed by atoms with E-state index in [9.17, 15) is 9.59 Å². The highest BCUT2D eigenvalue weighted by atomic mass is 16.2. The van der Waals surface area contributed by atoms with Gasteiger partial charge in [0.1, 0.15) is 6.33 Å². The topological polar surface area (TPSA) is 68.1 Å². The number of aromatic nitrogens is 3. The van der Waals surface area contributed by atoms with E-state index in [2.05, 4.69) is 10.2 Å². The molecule has 0 spiro atoms. The minimum atomic E-state index is -0.503. The van der Waals surface area contributed by atoms with Gasteiger partial charge in [-0.25, -0.2) is 0 Å². The Labute approximate surface area is 116 Å². The zero-order valence-electron chi connectivity index (χ0n) is 11.5. The molecule has 0 saturated heterocycles. The average Bonchev–Trinajstić information content (AvgIpc) is 2.92. The zero-order chi connectivity index (χ0) is 14.4. The fraction of sp³-hybridized carbons (Fsp3) is 0.286. The second kappa shape index (κ2) is 4.26. The second-order valence-corrected chi connectivity index (χ2v) is 4.98. The fourth-order valence-corrected chi connectivity index (χ4v) is 2.41. The third kappa shape index (κ3) is 1.65. The van der Waals surface area contributed by atoms with Crippen molar-refractivity contribution < 1.29 is 9.59 Å². The summed E-state index contributed by atoms with van der Waals surface area (Å²) in [5, 5.41) is 7.77. The van der Waals surface area contributed by atoms with E-state index in [0.29, 0.717) is 17.1 Å². The first-order valence-corrected chi connectivity index (χ1v) is 6.30. The molecular formula is C14H14N4O2. The number of carbonyl (C=O) groups is 2. The third-order valence-electron chi connectivity index (χ3n) is 3.76. The summed E-state index contributed by atoms with van der Waals surface area (Å²) >= 11 is 0. The Morgan fingerprint density at radius 2 is 1.95 bits per heavy atom. The van der Waals surface area contributed by atoms with Gasteiger partial charge in [-0.3, -0.25) is 14.5 Å². The van der Waals surface area contributed by atoms with E-state index < -0.39 is 11.7 Å². The summed E-state index contributed by atoms with van der Waals surface area (Å²) in [5.41, 5.74) is 3.17. The number of hydrogen-bond acceptors (Lipinski definition) is 4. The molecule has 6 nitrogen and oxygen atoms in total. The summed E-state index contributed by atoms with van der Waals surface area (Å²) in [6, 6.07) is 3.58. The molecule has 102 valence electrons. The van der Waals surface area contributed by atoms with Gasteiger partial charge in [-0.15, -0.1) is 10.2 Å². The molecule has 0 radical (unpaired) electrons. The zero-order valence-corrected chi connectivity index (χ0v) is 11.5. The van der Waals surface area contributed by atoms with Crippen LogP contribution in [0.3, 0.4) is 0 Å². The van der Waals surface area contributed by atoms with E-state index >= 15 is 0 Å². The molecule has 0 fully saturated rings. The van der Waals surface area contributed by atoms with E-state index in [1.807, 2.05) is 27.0 Å². The second-order valence-electron chi connectivity index (χ2n) is 4.98. The van der Waals surface area contributed by atoms with E-state index in [-0.39, 0.29) is 6.54 Å². The van der Waals surface area contributed by atoms with Crippen molar-refractivity contribution in [3.05, 3.63) is 41.0 Å². The Morgan fingerprint density at radius 1 is 1.20 bits per heavy atom. The number of carbonyl (C=O) groups excluding carboxylic acids is 2. The number of anilines is 1. The summed E-state index contributed by atoms with van der Waals surface area (Å²) in [6.07, 6.45) is 1.57. The summed E-state index contributed by atoms with van der Waals surface area (Å²) in [7, 11) is 1.81. The van der Waals surface area contributed by atoms with Crippen LogP contribution >= 0.6 is 0 Å². The number of Topliss-reactive ketones (excluding diaryl/α,β-unsaturated/α-hetero) is 1.